The molecule has 6 nitrogen and oxygen atoms in total. The van der Waals surface area contributed by atoms with Crippen molar-refractivity contribution >= 4 is 17.3 Å². The van der Waals surface area contributed by atoms with E-state index in [0.717, 1.165) is 18.6 Å². The number of rotatable bonds is 3. The Morgan fingerprint density at radius 3 is 2.65 bits per heavy atom. The van der Waals surface area contributed by atoms with Crippen LogP contribution in [0.25, 0.3) is 0 Å². The maximum atomic E-state index is 12.3. The van der Waals surface area contributed by atoms with E-state index in [-0.39, 0.29) is 22.1 Å². The smallest absolute Gasteiger partial charge is 0.267 e. The summed E-state index contributed by atoms with van der Waals surface area (Å²) < 4.78 is 0. The molecule has 0 saturated heterocycles. The number of amides is 1. The van der Waals surface area contributed by atoms with Crippen molar-refractivity contribution in [3.8, 4) is 0 Å². The number of carbonyl (C=O) groups is 1. The van der Waals surface area contributed by atoms with E-state index in [0.29, 0.717) is 5.92 Å². The lowest BCUT2D eigenvalue weighted by atomic mass is 9.71. The second-order valence-corrected chi connectivity index (χ2v) is 7.40. The second kappa shape index (κ2) is 5.15. The lowest BCUT2D eigenvalue weighted by Gasteiger charge is -2.35. The van der Waals surface area contributed by atoms with Crippen LogP contribution in [-0.4, -0.2) is 16.5 Å². The standard InChI is InChI=1S/C17H21N3O3/c1-16(2)11-8-9-17(3,10-11)15(16)19-18-14(21)12-6-4-5-7-13(12)20(22)23/h4-7,11H,8-10H2,1-3H3,(H,18,21)/b19-15-/t11-,17+/m0/s1. The molecule has 23 heavy (non-hydrogen) atoms. The number of nitrogens with one attached hydrogen (secondary N) is 1. The highest BCUT2D eigenvalue weighted by Gasteiger charge is 2.57. The fourth-order valence-corrected chi connectivity index (χ4v) is 4.31. The third-order valence-electron chi connectivity index (χ3n) is 5.56. The molecule has 3 rings (SSSR count). The molecule has 2 atom stereocenters. The van der Waals surface area contributed by atoms with E-state index in [2.05, 4.69) is 31.3 Å². The first-order valence-corrected chi connectivity index (χ1v) is 7.88. The van der Waals surface area contributed by atoms with Crippen molar-refractivity contribution in [3.05, 3.63) is 39.9 Å². The Labute approximate surface area is 135 Å². The van der Waals surface area contributed by atoms with Crippen molar-refractivity contribution in [1.29, 1.82) is 0 Å². The zero-order valence-corrected chi connectivity index (χ0v) is 13.6. The van der Waals surface area contributed by atoms with Crippen LogP contribution in [0.2, 0.25) is 0 Å². The molecule has 1 N–H and O–H groups in total. The van der Waals surface area contributed by atoms with Gasteiger partial charge >= 0.3 is 0 Å². The van der Waals surface area contributed by atoms with Crippen LogP contribution in [-0.2, 0) is 0 Å². The highest BCUT2D eigenvalue weighted by Crippen LogP contribution is 2.60. The summed E-state index contributed by atoms with van der Waals surface area (Å²) in [5.74, 6) is 0.0567. The fourth-order valence-electron chi connectivity index (χ4n) is 4.31. The number of nitrogens with zero attached hydrogens (tertiary/aromatic N) is 2. The van der Waals surface area contributed by atoms with Crippen LogP contribution in [0, 0.1) is 26.9 Å². The fraction of sp³-hybridized carbons (Fsp3) is 0.529. The van der Waals surface area contributed by atoms with E-state index in [9.17, 15) is 14.9 Å². The number of hydrogen-bond acceptors (Lipinski definition) is 4. The molecule has 2 fully saturated rings. The van der Waals surface area contributed by atoms with Crippen molar-refractivity contribution in [2.45, 2.75) is 40.0 Å². The Morgan fingerprint density at radius 1 is 1.35 bits per heavy atom. The Bertz CT molecular complexity index is 704. The summed E-state index contributed by atoms with van der Waals surface area (Å²) >= 11 is 0. The maximum Gasteiger partial charge on any atom is 0.282 e. The van der Waals surface area contributed by atoms with E-state index in [1.807, 2.05) is 0 Å². The quantitative estimate of drug-likeness (QED) is 0.684. The van der Waals surface area contributed by atoms with E-state index in [1.165, 1.54) is 18.6 Å². The van der Waals surface area contributed by atoms with Gasteiger partial charge in [0.2, 0.25) is 0 Å². The molecule has 6 heteroatoms. The summed E-state index contributed by atoms with van der Waals surface area (Å²) in [6.07, 6.45) is 3.38. The van der Waals surface area contributed by atoms with Crippen LogP contribution in [0.3, 0.4) is 0 Å². The van der Waals surface area contributed by atoms with Gasteiger partial charge < -0.3 is 0 Å². The highest BCUT2D eigenvalue weighted by atomic mass is 16.6. The first-order chi connectivity index (χ1) is 10.8. The van der Waals surface area contributed by atoms with Gasteiger partial charge in [-0.25, -0.2) is 5.43 Å². The lowest BCUT2D eigenvalue weighted by Crippen LogP contribution is -2.38. The van der Waals surface area contributed by atoms with Gasteiger partial charge in [0, 0.05) is 16.9 Å². The van der Waals surface area contributed by atoms with Crippen LogP contribution in [0.4, 0.5) is 5.69 Å². The minimum absolute atomic E-state index is 0.0318. The van der Waals surface area contributed by atoms with Gasteiger partial charge in [0.15, 0.2) is 0 Å². The SMILES string of the molecule is CC1(C)/C(=N/NC(=O)c2ccccc2[N+](=O)[O-])[C@]2(C)CC[C@H]1C2. The van der Waals surface area contributed by atoms with Crippen molar-refractivity contribution in [3.63, 3.8) is 0 Å². The van der Waals surface area contributed by atoms with E-state index < -0.39 is 10.8 Å². The summed E-state index contributed by atoms with van der Waals surface area (Å²) in [4.78, 5) is 22.8. The summed E-state index contributed by atoms with van der Waals surface area (Å²) in [6.45, 7) is 6.52. The minimum atomic E-state index is -0.551. The molecule has 2 aliphatic rings. The zero-order chi connectivity index (χ0) is 16.8. The molecule has 0 unspecified atom stereocenters. The third-order valence-corrected chi connectivity index (χ3v) is 5.56. The second-order valence-electron chi connectivity index (χ2n) is 7.40. The molecule has 2 saturated carbocycles. The summed E-state index contributed by atoms with van der Waals surface area (Å²) in [5.41, 5.74) is 3.38. The maximum absolute atomic E-state index is 12.3. The number of benzene rings is 1. The average Bonchev–Trinajstić information content (AvgIpc) is 2.97. The van der Waals surface area contributed by atoms with Crippen molar-refractivity contribution in [1.82, 2.24) is 5.43 Å². The van der Waals surface area contributed by atoms with Gasteiger partial charge in [-0.2, -0.15) is 5.10 Å². The molecule has 1 aromatic rings. The molecule has 2 bridgehead atoms. The number of hydrogen-bond donors (Lipinski definition) is 1. The molecule has 0 radical (unpaired) electrons. The molecule has 1 aromatic carbocycles. The Hall–Kier alpha value is -2.24. The predicted molar refractivity (Wildman–Crippen MR) is 87.2 cm³/mol. The first-order valence-electron chi connectivity index (χ1n) is 7.88. The molecule has 1 amide bonds. The zero-order valence-electron chi connectivity index (χ0n) is 13.6. The third kappa shape index (κ3) is 2.42. The lowest BCUT2D eigenvalue weighted by molar-refractivity contribution is -0.385. The number of para-hydroxylation sites is 1. The topological polar surface area (TPSA) is 84.6 Å². The van der Waals surface area contributed by atoms with Crippen LogP contribution in [0.15, 0.2) is 29.4 Å². The largest absolute Gasteiger partial charge is 0.282 e. The Balaban J connectivity index is 1.86. The van der Waals surface area contributed by atoms with Gasteiger partial charge in [0.25, 0.3) is 11.6 Å². The van der Waals surface area contributed by atoms with E-state index in [1.54, 1.807) is 12.1 Å². The van der Waals surface area contributed by atoms with Gasteiger partial charge in [-0.05, 0) is 31.2 Å². The van der Waals surface area contributed by atoms with E-state index in [4.69, 9.17) is 0 Å². The molecule has 0 heterocycles. The van der Waals surface area contributed by atoms with Crippen LogP contribution in [0.1, 0.15) is 50.4 Å². The number of fused-ring (bicyclic) bond motifs is 2. The monoisotopic (exact) mass is 315 g/mol. The van der Waals surface area contributed by atoms with Crippen molar-refractivity contribution in [2.75, 3.05) is 0 Å². The van der Waals surface area contributed by atoms with Crippen LogP contribution >= 0.6 is 0 Å². The average molecular weight is 315 g/mol. The molecule has 0 aliphatic heterocycles. The van der Waals surface area contributed by atoms with Gasteiger partial charge in [0.05, 0.1) is 10.6 Å². The van der Waals surface area contributed by atoms with Gasteiger partial charge in [-0.1, -0.05) is 32.9 Å². The molecule has 0 spiro atoms. The normalized spacial score (nSPS) is 29.7. The molecule has 122 valence electrons. The predicted octanol–water partition coefficient (Wildman–Crippen LogP) is 3.53. The van der Waals surface area contributed by atoms with Gasteiger partial charge in [-0.3, -0.25) is 14.9 Å². The first kappa shape index (κ1) is 15.6. The number of carbonyl (C=O) groups excluding carboxylic acids is 1. The van der Waals surface area contributed by atoms with Gasteiger partial charge in [-0.15, -0.1) is 0 Å². The highest BCUT2D eigenvalue weighted by molar-refractivity contribution is 6.01. The number of nitro groups is 1. The molecular weight excluding hydrogens is 294 g/mol. The number of nitro benzene ring substituents is 1. The Morgan fingerprint density at radius 2 is 2.04 bits per heavy atom. The number of hydrazone groups is 1. The van der Waals surface area contributed by atoms with Crippen molar-refractivity contribution < 1.29 is 9.72 Å². The molecule has 0 aromatic heterocycles. The Kier molecular flexibility index (Phi) is 3.50. The van der Waals surface area contributed by atoms with E-state index >= 15 is 0 Å². The van der Waals surface area contributed by atoms with Gasteiger partial charge in [0.1, 0.15) is 5.56 Å². The van der Waals surface area contributed by atoms with Crippen LogP contribution < -0.4 is 5.43 Å². The summed E-state index contributed by atoms with van der Waals surface area (Å²) in [6, 6.07) is 5.92. The molecule has 2 aliphatic carbocycles. The summed E-state index contributed by atoms with van der Waals surface area (Å²) in [7, 11) is 0. The van der Waals surface area contributed by atoms with Crippen LogP contribution in [0.5, 0.6) is 0 Å². The minimum Gasteiger partial charge on any atom is -0.267 e. The van der Waals surface area contributed by atoms with Crippen molar-refractivity contribution in [2.24, 2.45) is 21.8 Å². The molecular formula is C17H21N3O3. The summed E-state index contributed by atoms with van der Waals surface area (Å²) in [5, 5.41) is 15.4.